The number of aliphatic carboxylic acids is 1. The topological polar surface area (TPSA) is 93.1 Å². The molecular formula is C20H17NO6. The van der Waals surface area contributed by atoms with Gasteiger partial charge in [0.05, 0.1) is 18.5 Å². The van der Waals surface area contributed by atoms with Crippen LogP contribution < -0.4 is 14.4 Å². The summed E-state index contributed by atoms with van der Waals surface area (Å²) < 4.78 is 10.4. The molecule has 3 rings (SSSR count). The maximum absolute atomic E-state index is 12.7. The number of carbonyl (C=O) groups is 3. The molecule has 7 nitrogen and oxygen atoms in total. The van der Waals surface area contributed by atoms with Crippen molar-refractivity contribution in [1.82, 2.24) is 0 Å². The van der Waals surface area contributed by atoms with Crippen molar-refractivity contribution in [2.75, 3.05) is 18.6 Å². The fourth-order valence-corrected chi connectivity index (χ4v) is 2.89. The number of hydrogen-bond acceptors (Lipinski definition) is 5. The van der Waals surface area contributed by atoms with Crippen LogP contribution in [0.1, 0.15) is 22.8 Å². The van der Waals surface area contributed by atoms with Crippen molar-refractivity contribution in [1.29, 1.82) is 0 Å². The highest BCUT2D eigenvalue weighted by atomic mass is 16.5. The lowest BCUT2D eigenvalue weighted by molar-refractivity contribution is -0.139. The van der Waals surface area contributed by atoms with Crippen molar-refractivity contribution in [3.05, 3.63) is 59.3 Å². The van der Waals surface area contributed by atoms with Crippen LogP contribution in [0.25, 0.3) is 6.08 Å². The second-order valence-corrected chi connectivity index (χ2v) is 5.82. The first-order valence-electron chi connectivity index (χ1n) is 8.11. The smallest absolute Gasteiger partial charge is 0.341 e. The minimum atomic E-state index is -1.10. The average molecular weight is 367 g/mol. The summed E-state index contributed by atoms with van der Waals surface area (Å²) in [7, 11) is 1.43. The van der Waals surface area contributed by atoms with E-state index in [0.717, 1.165) is 0 Å². The van der Waals surface area contributed by atoms with E-state index < -0.39 is 12.6 Å². The SMILES string of the molecule is COc1cc(C=C2C(=O)c3ccccc3N2C(C)=O)ccc1OCC(=O)O. The van der Waals surface area contributed by atoms with Gasteiger partial charge in [0.25, 0.3) is 0 Å². The third kappa shape index (κ3) is 3.52. The molecule has 2 aromatic carbocycles. The van der Waals surface area contributed by atoms with Crippen LogP contribution in [0.5, 0.6) is 11.5 Å². The molecule has 0 bridgehead atoms. The third-order valence-electron chi connectivity index (χ3n) is 4.02. The zero-order chi connectivity index (χ0) is 19.6. The monoisotopic (exact) mass is 367 g/mol. The van der Waals surface area contributed by atoms with E-state index in [4.69, 9.17) is 14.6 Å². The van der Waals surface area contributed by atoms with Gasteiger partial charge in [-0.05, 0) is 35.9 Å². The van der Waals surface area contributed by atoms with Gasteiger partial charge in [0.2, 0.25) is 11.7 Å². The van der Waals surface area contributed by atoms with Gasteiger partial charge in [0, 0.05) is 12.5 Å². The molecule has 0 aromatic heterocycles. The van der Waals surface area contributed by atoms with Crippen molar-refractivity contribution in [2.24, 2.45) is 0 Å². The highest BCUT2D eigenvalue weighted by Crippen LogP contribution is 2.36. The molecule has 0 saturated carbocycles. The second kappa shape index (κ2) is 7.33. The van der Waals surface area contributed by atoms with E-state index in [-0.39, 0.29) is 23.1 Å². The van der Waals surface area contributed by atoms with Gasteiger partial charge in [-0.1, -0.05) is 18.2 Å². The number of carboxylic acids is 1. The van der Waals surface area contributed by atoms with Gasteiger partial charge in [-0.25, -0.2) is 4.79 Å². The molecule has 0 unspecified atom stereocenters. The number of para-hydroxylation sites is 1. The number of allylic oxidation sites excluding steroid dienone is 1. The zero-order valence-corrected chi connectivity index (χ0v) is 14.8. The predicted octanol–water partition coefficient (Wildman–Crippen LogP) is 2.75. The molecule has 1 heterocycles. The van der Waals surface area contributed by atoms with E-state index in [2.05, 4.69) is 0 Å². The van der Waals surface area contributed by atoms with Crippen molar-refractivity contribution in [3.63, 3.8) is 0 Å². The molecule has 2 aromatic rings. The number of fused-ring (bicyclic) bond motifs is 1. The Morgan fingerprint density at radius 3 is 2.56 bits per heavy atom. The summed E-state index contributed by atoms with van der Waals surface area (Å²) in [5.41, 5.74) is 1.86. The number of anilines is 1. The summed E-state index contributed by atoms with van der Waals surface area (Å²) in [5, 5.41) is 8.73. The predicted molar refractivity (Wildman–Crippen MR) is 98.0 cm³/mol. The van der Waals surface area contributed by atoms with E-state index in [1.54, 1.807) is 48.5 Å². The Kier molecular flexibility index (Phi) is 4.94. The van der Waals surface area contributed by atoms with Gasteiger partial charge in [0.1, 0.15) is 0 Å². The molecule has 7 heteroatoms. The number of amides is 1. The number of ether oxygens (including phenoxy) is 2. The van der Waals surface area contributed by atoms with Crippen molar-refractivity contribution in [2.45, 2.75) is 6.92 Å². The molecule has 1 amide bonds. The fourth-order valence-electron chi connectivity index (χ4n) is 2.89. The summed E-state index contributed by atoms with van der Waals surface area (Å²) in [5.74, 6) is -1.02. The Balaban J connectivity index is 1.99. The van der Waals surface area contributed by atoms with Crippen LogP contribution in [0.15, 0.2) is 48.2 Å². The number of hydrogen-bond donors (Lipinski definition) is 1. The van der Waals surface area contributed by atoms with Crippen LogP contribution in [0.4, 0.5) is 5.69 Å². The largest absolute Gasteiger partial charge is 0.493 e. The van der Waals surface area contributed by atoms with E-state index in [9.17, 15) is 14.4 Å². The Hall–Kier alpha value is -3.61. The van der Waals surface area contributed by atoms with Crippen LogP contribution in [0, 0.1) is 0 Å². The number of Topliss-reactive ketones (excluding diaryl/α,β-unsaturated/α-hetero) is 1. The number of ketones is 1. The average Bonchev–Trinajstić information content (AvgIpc) is 2.93. The number of carboxylic acid groups (broad SMARTS) is 1. The first-order valence-corrected chi connectivity index (χ1v) is 8.11. The van der Waals surface area contributed by atoms with Crippen LogP contribution in [-0.4, -0.2) is 36.5 Å². The Morgan fingerprint density at radius 1 is 1.15 bits per heavy atom. The van der Waals surface area contributed by atoms with E-state index >= 15 is 0 Å². The quantitative estimate of drug-likeness (QED) is 0.817. The Labute approximate surface area is 155 Å². The first-order chi connectivity index (χ1) is 12.9. The lowest BCUT2D eigenvalue weighted by atomic mass is 10.1. The first kappa shape index (κ1) is 18.2. The number of methoxy groups -OCH3 is 1. The number of carbonyl (C=O) groups excluding carboxylic acids is 2. The van der Waals surface area contributed by atoms with Crippen molar-refractivity contribution >= 4 is 29.4 Å². The molecular weight excluding hydrogens is 350 g/mol. The van der Waals surface area contributed by atoms with Crippen LogP contribution in [-0.2, 0) is 9.59 Å². The van der Waals surface area contributed by atoms with Gasteiger partial charge in [-0.3, -0.25) is 14.5 Å². The van der Waals surface area contributed by atoms with Crippen LogP contribution >= 0.6 is 0 Å². The molecule has 0 aliphatic carbocycles. The van der Waals surface area contributed by atoms with Crippen molar-refractivity contribution < 1.29 is 29.0 Å². The number of nitrogens with zero attached hydrogens (tertiary/aromatic N) is 1. The lowest BCUT2D eigenvalue weighted by Crippen LogP contribution is -2.25. The second-order valence-electron chi connectivity index (χ2n) is 5.82. The highest BCUT2D eigenvalue weighted by Gasteiger charge is 2.34. The van der Waals surface area contributed by atoms with Gasteiger partial charge in [0.15, 0.2) is 18.1 Å². The summed E-state index contributed by atoms with van der Waals surface area (Å²) in [6.45, 7) is 0.898. The minimum Gasteiger partial charge on any atom is -0.493 e. The molecule has 1 aliphatic rings. The van der Waals surface area contributed by atoms with Gasteiger partial charge < -0.3 is 14.6 Å². The van der Waals surface area contributed by atoms with E-state index in [0.29, 0.717) is 22.6 Å². The molecule has 0 fully saturated rings. The van der Waals surface area contributed by atoms with Crippen LogP contribution in [0.2, 0.25) is 0 Å². The molecule has 138 valence electrons. The van der Waals surface area contributed by atoms with Gasteiger partial charge in [-0.15, -0.1) is 0 Å². The van der Waals surface area contributed by atoms with Crippen molar-refractivity contribution in [3.8, 4) is 11.5 Å². The Bertz CT molecular complexity index is 963. The lowest BCUT2D eigenvalue weighted by Gasteiger charge is -2.16. The maximum Gasteiger partial charge on any atom is 0.341 e. The minimum absolute atomic E-state index is 0.241. The highest BCUT2D eigenvalue weighted by molar-refractivity contribution is 6.26. The summed E-state index contributed by atoms with van der Waals surface area (Å²) >= 11 is 0. The molecule has 0 radical (unpaired) electrons. The molecule has 0 atom stereocenters. The van der Waals surface area contributed by atoms with Crippen LogP contribution in [0.3, 0.4) is 0 Å². The maximum atomic E-state index is 12.7. The number of benzene rings is 2. The fraction of sp³-hybridized carbons (Fsp3) is 0.150. The van der Waals surface area contributed by atoms with Gasteiger partial charge in [-0.2, -0.15) is 0 Å². The molecule has 0 spiro atoms. The summed E-state index contributed by atoms with van der Waals surface area (Å²) in [6, 6.07) is 11.7. The Morgan fingerprint density at radius 2 is 1.89 bits per heavy atom. The standard InChI is InChI=1S/C20H17NO6/c1-12(22)21-15-6-4-3-5-14(15)20(25)16(21)9-13-7-8-17(18(10-13)26-2)27-11-19(23)24/h3-10H,11H2,1-2H3,(H,23,24). The van der Waals surface area contributed by atoms with E-state index in [1.807, 2.05) is 0 Å². The normalized spacial score (nSPS) is 14.2. The molecule has 1 N–H and O–H groups in total. The summed E-state index contributed by atoms with van der Waals surface area (Å²) in [4.78, 5) is 36.9. The van der Waals surface area contributed by atoms with Gasteiger partial charge >= 0.3 is 5.97 Å². The van der Waals surface area contributed by atoms with E-state index in [1.165, 1.54) is 18.9 Å². The third-order valence-corrected chi connectivity index (χ3v) is 4.02. The summed E-state index contributed by atoms with van der Waals surface area (Å²) in [6.07, 6.45) is 1.59. The molecule has 27 heavy (non-hydrogen) atoms. The molecule has 1 aliphatic heterocycles. The number of rotatable bonds is 5. The zero-order valence-electron chi connectivity index (χ0n) is 14.8. The molecule has 0 saturated heterocycles.